The van der Waals surface area contributed by atoms with E-state index >= 15 is 0 Å². The topological polar surface area (TPSA) is 54.4 Å². The van der Waals surface area contributed by atoms with Crippen LogP contribution in [0, 0.1) is 4.91 Å². The van der Waals surface area contributed by atoms with Crippen molar-refractivity contribution in [3.8, 4) is 0 Å². The van der Waals surface area contributed by atoms with Crippen LogP contribution in [0.2, 0.25) is 0 Å². The molecule has 4 nitrogen and oxygen atoms in total. The van der Waals surface area contributed by atoms with Crippen molar-refractivity contribution in [2.24, 2.45) is 5.29 Å². The van der Waals surface area contributed by atoms with E-state index in [1.165, 1.54) is 12.8 Å². The summed E-state index contributed by atoms with van der Waals surface area (Å²) in [5, 5.41) is 2.54. The van der Waals surface area contributed by atoms with Crippen LogP contribution in [-0.2, 0) is 0 Å². The minimum Gasteiger partial charge on any atom is -0.236 e. The van der Waals surface area contributed by atoms with Crippen LogP contribution in [-0.4, -0.2) is 10.7 Å². The molecule has 0 radical (unpaired) electrons. The normalized spacial score (nSPS) is 9.79. The largest absolute Gasteiger partial charge is 0.236 e. The summed E-state index contributed by atoms with van der Waals surface area (Å²) < 4.78 is 0. The number of unbranched alkanes of at least 4 members (excludes halogenated alkanes) is 1. The lowest BCUT2D eigenvalue weighted by atomic mass is 10.4. The molecule has 0 saturated carbocycles. The van der Waals surface area contributed by atoms with Crippen LogP contribution in [0.3, 0.4) is 0 Å². The average molecular weight is 211 g/mol. The number of aromatic nitrogens is 1. The maximum atomic E-state index is 9.86. The van der Waals surface area contributed by atoms with Crippen LogP contribution in [0.4, 0.5) is 5.82 Å². The summed E-state index contributed by atoms with van der Waals surface area (Å²) in [6, 6.07) is 3.68. The summed E-state index contributed by atoms with van der Waals surface area (Å²) in [5.74, 6) is 1.59. The van der Waals surface area contributed by atoms with E-state index in [0.29, 0.717) is 5.82 Å². The Hall–Kier alpha value is -1.10. The molecular weight excluding hydrogens is 198 g/mol. The van der Waals surface area contributed by atoms with Crippen molar-refractivity contribution in [1.82, 2.24) is 4.98 Å². The maximum Gasteiger partial charge on any atom is 0.148 e. The summed E-state index contributed by atoms with van der Waals surface area (Å²) in [4.78, 5) is 15.0. The molecule has 0 amide bonds. The Kier molecular flexibility index (Phi) is 4.99. The summed E-state index contributed by atoms with van der Waals surface area (Å²) in [6.07, 6.45) is 4.16. The van der Waals surface area contributed by atoms with Crippen LogP contribution in [0.5, 0.6) is 0 Å². The molecule has 5 heteroatoms. The summed E-state index contributed by atoms with van der Waals surface area (Å²) in [5.41, 5.74) is 2.25. The zero-order valence-corrected chi connectivity index (χ0v) is 8.88. The second-order valence-corrected chi connectivity index (χ2v) is 3.95. The summed E-state index contributed by atoms with van der Waals surface area (Å²) >= 11 is 1.77. The van der Waals surface area contributed by atoms with Crippen molar-refractivity contribution >= 4 is 17.6 Å². The Bertz CT molecular complexity index is 276. The van der Waals surface area contributed by atoms with Gasteiger partial charge in [-0.3, -0.25) is 0 Å². The first-order valence-corrected chi connectivity index (χ1v) is 5.52. The predicted molar refractivity (Wildman–Crippen MR) is 59.3 cm³/mol. The highest BCUT2D eigenvalue weighted by atomic mass is 32.2. The molecular formula is C9H13N3OS. The van der Waals surface area contributed by atoms with Gasteiger partial charge in [0.2, 0.25) is 0 Å². The summed E-state index contributed by atoms with van der Waals surface area (Å²) in [7, 11) is 0. The fraction of sp³-hybridized carbons (Fsp3) is 0.444. The zero-order valence-electron chi connectivity index (χ0n) is 8.06. The van der Waals surface area contributed by atoms with Gasteiger partial charge < -0.3 is 0 Å². The van der Waals surface area contributed by atoms with Crippen LogP contribution in [0.1, 0.15) is 19.8 Å². The molecule has 0 saturated heterocycles. The molecule has 0 aliphatic carbocycles. The van der Waals surface area contributed by atoms with E-state index in [-0.39, 0.29) is 0 Å². The monoisotopic (exact) mass is 211 g/mol. The molecule has 0 unspecified atom stereocenters. The van der Waals surface area contributed by atoms with Gasteiger partial charge in [0, 0.05) is 11.1 Å². The van der Waals surface area contributed by atoms with E-state index in [2.05, 4.69) is 22.6 Å². The van der Waals surface area contributed by atoms with Gasteiger partial charge in [-0.2, -0.15) is 0 Å². The molecule has 1 heterocycles. The minimum atomic E-state index is 0.486. The van der Waals surface area contributed by atoms with E-state index in [9.17, 15) is 4.91 Å². The SMILES string of the molecule is CCCCSc1ccc(NN=O)nc1. The zero-order chi connectivity index (χ0) is 10.2. The number of anilines is 1. The standard InChI is InChI=1S/C9H13N3OS/c1-2-3-6-14-8-4-5-9(10-7-8)11-12-13/h4-5,7H,2-3,6H2,1H3,(H,10,11,13). The number of thioether (sulfide) groups is 1. The maximum absolute atomic E-state index is 9.86. The lowest BCUT2D eigenvalue weighted by Gasteiger charge is -2.00. The smallest absolute Gasteiger partial charge is 0.148 e. The molecule has 1 N–H and O–H groups in total. The molecule has 0 atom stereocenters. The Balaban J connectivity index is 2.42. The van der Waals surface area contributed by atoms with Crippen LogP contribution < -0.4 is 5.43 Å². The first-order valence-electron chi connectivity index (χ1n) is 4.54. The molecule has 14 heavy (non-hydrogen) atoms. The number of rotatable bonds is 6. The third kappa shape index (κ3) is 3.74. The van der Waals surface area contributed by atoms with Gasteiger partial charge in [0.15, 0.2) is 0 Å². The van der Waals surface area contributed by atoms with E-state index in [1.54, 1.807) is 24.0 Å². The quantitative estimate of drug-likeness (QED) is 0.340. The van der Waals surface area contributed by atoms with Gasteiger partial charge in [0.05, 0.1) is 5.29 Å². The fourth-order valence-electron chi connectivity index (χ4n) is 0.913. The molecule has 0 aromatic carbocycles. The van der Waals surface area contributed by atoms with Gasteiger partial charge in [-0.05, 0) is 24.3 Å². The third-order valence-electron chi connectivity index (χ3n) is 1.66. The number of nitrogens with zero attached hydrogens (tertiary/aromatic N) is 2. The highest BCUT2D eigenvalue weighted by molar-refractivity contribution is 7.99. The van der Waals surface area contributed by atoms with E-state index in [1.807, 2.05) is 6.07 Å². The second-order valence-electron chi connectivity index (χ2n) is 2.78. The second kappa shape index (κ2) is 6.37. The lowest BCUT2D eigenvalue weighted by molar-refractivity contribution is 0.896. The van der Waals surface area contributed by atoms with Gasteiger partial charge >= 0.3 is 0 Å². The van der Waals surface area contributed by atoms with Crippen molar-refractivity contribution in [2.75, 3.05) is 11.2 Å². The number of hydrogen-bond acceptors (Lipinski definition) is 4. The number of nitroso groups, excluding NO2 is 1. The van der Waals surface area contributed by atoms with Crippen molar-refractivity contribution in [1.29, 1.82) is 0 Å². The van der Waals surface area contributed by atoms with Crippen LogP contribution >= 0.6 is 11.8 Å². The molecule has 1 aromatic heterocycles. The Morgan fingerprint density at radius 1 is 1.57 bits per heavy atom. The molecule has 1 rings (SSSR count). The van der Waals surface area contributed by atoms with Crippen molar-refractivity contribution in [3.63, 3.8) is 0 Å². The molecule has 0 spiro atoms. The van der Waals surface area contributed by atoms with E-state index in [4.69, 9.17) is 0 Å². The van der Waals surface area contributed by atoms with Crippen LogP contribution in [0.15, 0.2) is 28.5 Å². The van der Waals surface area contributed by atoms with E-state index < -0.39 is 0 Å². The lowest BCUT2D eigenvalue weighted by Crippen LogP contribution is -1.89. The first-order chi connectivity index (χ1) is 6.86. The average Bonchev–Trinajstić information content (AvgIpc) is 2.21. The van der Waals surface area contributed by atoms with Gasteiger partial charge in [-0.25, -0.2) is 10.4 Å². The molecule has 76 valence electrons. The summed E-state index contributed by atoms with van der Waals surface area (Å²) in [6.45, 7) is 2.17. The molecule has 0 aliphatic rings. The van der Waals surface area contributed by atoms with Crippen molar-refractivity contribution in [3.05, 3.63) is 23.2 Å². The van der Waals surface area contributed by atoms with Gasteiger partial charge in [0.25, 0.3) is 0 Å². The van der Waals surface area contributed by atoms with Gasteiger partial charge in [0.1, 0.15) is 5.82 Å². The Morgan fingerprint density at radius 3 is 3.00 bits per heavy atom. The first kappa shape index (κ1) is 11.0. The minimum absolute atomic E-state index is 0.486. The molecule has 0 aliphatic heterocycles. The van der Waals surface area contributed by atoms with Crippen LogP contribution in [0.25, 0.3) is 0 Å². The number of nitrogens with one attached hydrogen (secondary N) is 1. The van der Waals surface area contributed by atoms with Crippen molar-refractivity contribution in [2.45, 2.75) is 24.7 Å². The number of hydrogen-bond donors (Lipinski definition) is 1. The van der Waals surface area contributed by atoms with E-state index in [0.717, 1.165) is 10.6 Å². The predicted octanol–water partition coefficient (Wildman–Crippen LogP) is 3.07. The van der Waals surface area contributed by atoms with Crippen molar-refractivity contribution < 1.29 is 0 Å². The highest BCUT2D eigenvalue weighted by Crippen LogP contribution is 2.19. The fourth-order valence-corrected chi connectivity index (χ4v) is 1.87. The van der Waals surface area contributed by atoms with Gasteiger partial charge in [-0.1, -0.05) is 13.3 Å². The molecule has 0 fully saturated rings. The third-order valence-corrected chi connectivity index (χ3v) is 2.73. The molecule has 1 aromatic rings. The van der Waals surface area contributed by atoms with Gasteiger partial charge in [-0.15, -0.1) is 16.7 Å². The molecule has 0 bridgehead atoms. The number of pyridine rings is 1. The Labute approximate surface area is 87.4 Å². The highest BCUT2D eigenvalue weighted by Gasteiger charge is 1.95. The Morgan fingerprint density at radius 2 is 2.43 bits per heavy atom.